The molecule has 0 radical (unpaired) electrons. The number of hydrogen-bond donors (Lipinski definition) is 2. The number of aliphatic hydroxyl groups is 1. The van der Waals surface area contributed by atoms with Crippen molar-refractivity contribution in [3.05, 3.63) is 15.8 Å². The van der Waals surface area contributed by atoms with Crippen LogP contribution >= 0.6 is 11.3 Å². The van der Waals surface area contributed by atoms with Gasteiger partial charge in [0.2, 0.25) is 10.0 Å². The molecule has 1 aromatic heterocycles. The molecule has 2 heterocycles. The van der Waals surface area contributed by atoms with Crippen molar-refractivity contribution in [1.82, 2.24) is 9.62 Å². The summed E-state index contributed by atoms with van der Waals surface area (Å²) in [7, 11) is -1.48. The maximum Gasteiger partial charge on any atom is 0.241 e. The fourth-order valence-electron chi connectivity index (χ4n) is 2.18. The molecule has 1 saturated heterocycles. The summed E-state index contributed by atoms with van der Waals surface area (Å²) in [6, 6.07) is 1.54. The van der Waals surface area contributed by atoms with Crippen LogP contribution in [0.3, 0.4) is 0 Å². The summed E-state index contributed by atoms with van der Waals surface area (Å²) in [5.41, 5.74) is 0. The van der Waals surface area contributed by atoms with E-state index in [-0.39, 0.29) is 12.6 Å². The Morgan fingerprint density at radius 2 is 2.33 bits per heavy atom. The van der Waals surface area contributed by atoms with Crippen LogP contribution in [0.2, 0.25) is 0 Å². The molecule has 2 rings (SSSR count). The predicted octanol–water partition coefficient (Wildman–Crippen LogP) is 0.531. The summed E-state index contributed by atoms with van der Waals surface area (Å²) in [6.07, 6.45) is 0.839. The van der Waals surface area contributed by atoms with Crippen LogP contribution < -0.4 is 4.72 Å². The van der Waals surface area contributed by atoms with Crippen molar-refractivity contribution >= 4 is 21.4 Å². The van der Waals surface area contributed by atoms with Gasteiger partial charge in [-0.15, -0.1) is 11.3 Å². The van der Waals surface area contributed by atoms with Crippen LogP contribution in [0.5, 0.6) is 0 Å². The molecule has 0 spiro atoms. The first-order valence-corrected chi connectivity index (χ1v) is 8.13. The lowest BCUT2D eigenvalue weighted by atomic mass is 10.3. The van der Waals surface area contributed by atoms with Gasteiger partial charge in [0.05, 0.1) is 11.5 Å². The van der Waals surface area contributed by atoms with Crippen molar-refractivity contribution in [1.29, 1.82) is 0 Å². The van der Waals surface area contributed by atoms with E-state index in [0.717, 1.165) is 24.4 Å². The summed E-state index contributed by atoms with van der Waals surface area (Å²) in [5, 5.41) is 9.05. The highest BCUT2D eigenvalue weighted by atomic mass is 32.2. The van der Waals surface area contributed by atoms with E-state index < -0.39 is 10.0 Å². The second-order valence-electron chi connectivity index (χ2n) is 4.66. The Kier molecular flexibility index (Phi) is 4.08. The largest absolute Gasteiger partial charge is 0.391 e. The van der Waals surface area contributed by atoms with Crippen LogP contribution in [0.15, 0.2) is 11.0 Å². The zero-order valence-electron chi connectivity index (χ0n) is 10.5. The number of likely N-dealkylation sites (tertiary alicyclic amines) is 1. The standard InChI is InChI=1S/C11H18N2O3S2/c1-8-11(5-10(7-14)17-8)18(15,16)12-9-3-4-13(2)6-9/h5,9,12,14H,3-4,6-7H2,1-2H3. The van der Waals surface area contributed by atoms with Gasteiger partial charge in [-0.25, -0.2) is 13.1 Å². The number of aryl methyl sites for hydroxylation is 1. The van der Waals surface area contributed by atoms with E-state index in [1.54, 1.807) is 13.0 Å². The highest BCUT2D eigenvalue weighted by molar-refractivity contribution is 7.89. The minimum atomic E-state index is -3.46. The maximum absolute atomic E-state index is 12.2. The summed E-state index contributed by atoms with van der Waals surface area (Å²) in [5.74, 6) is 0. The molecule has 18 heavy (non-hydrogen) atoms. The van der Waals surface area contributed by atoms with Gasteiger partial charge in [-0.3, -0.25) is 0 Å². The van der Waals surface area contributed by atoms with E-state index >= 15 is 0 Å². The van der Waals surface area contributed by atoms with Gasteiger partial charge in [-0.1, -0.05) is 0 Å². The van der Waals surface area contributed by atoms with Crippen LogP contribution in [0.25, 0.3) is 0 Å². The Morgan fingerprint density at radius 3 is 2.83 bits per heavy atom. The van der Waals surface area contributed by atoms with Crippen LogP contribution in [-0.4, -0.2) is 44.6 Å². The molecule has 0 bridgehead atoms. The number of nitrogens with zero attached hydrogens (tertiary/aromatic N) is 1. The van der Waals surface area contributed by atoms with Gasteiger partial charge >= 0.3 is 0 Å². The number of nitrogens with one attached hydrogen (secondary N) is 1. The number of aliphatic hydroxyl groups excluding tert-OH is 1. The number of sulfonamides is 1. The van der Waals surface area contributed by atoms with Gasteiger partial charge < -0.3 is 10.0 Å². The van der Waals surface area contributed by atoms with Crippen molar-refractivity contribution in [2.45, 2.75) is 30.9 Å². The van der Waals surface area contributed by atoms with E-state index in [1.807, 2.05) is 7.05 Å². The number of thiophene rings is 1. The number of likely N-dealkylation sites (N-methyl/N-ethyl adjacent to an activating group) is 1. The normalized spacial score (nSPS) is 21.6. The van der Waals surface area contributed by atoms with E-state index in [9.17, 15) is 8.42 Å². The molecule has 1 aromatic rings. The minimum absolute atomic E-state index is 0.0168. The van der Waals surface area contributed by atoms with Gasteiger partial charge in [-0.2, -0.15) is 0 Å². The van der Waals surface area contributed by atoms with Gasteiger partial charge in [-0.05, 0) is 33.0 Å². The lowest BCUT2D eigenvalue weighted by molar-refractivity contribution is 0.285. The lowest BCUT2D eigenvalue weighted by Gasteiger charge is -2.13. The van der Waals surface area contributed by atoms with Crippen molar-refractivity contribution in [3.63, 3.8) is 0 Å². The molecule has 0 saturated carbocycles. The highest BCUT2D eigenvalue weighted by Gasteiger charge is 2.27. The third-order valence-corrected chi connectivity index (χ3v) is 5.89. The fraction of sp³-hybridized carbons (Fsp3) is 0.636. The SMILES string of the molecule is Cc1sc(CO)cc1S(=O)(=O)NC1CCN(C)C1. The van der Waals surface area contributed by atoms with E-state index in [4.69, 9.17) is 5.11 Å². The molecule has 1 fully saturated rings. The number of hydrogen-bond acceptors (Lipinski definition) is 5. The molecule has 1 aliphatic heterocycles. The quantitative estimate of drug-likeness (QED) is 0.849. The molecule has 5 nitrogen and oxygen atoms in total. The molecule has 2 N–H and O–H groups in total. The van der Waals surface area contributed by atoms with Gasteiger partial charge in [0, 0.05) is 22.3 Å². The summed E-state index contributed by atoms with van der Waals surface area (Å²) in [4.78, 5) is 3.80. The molecule has 0 aromatic carbocycles. The Bertz CT molecular complexity index is 524. The topological polar surface area (TPSA) is 69.6 Å². The van der Waals surface area contributed by atoms with Gasteiger partial charge in [0.25, 0.3) is 0 Å². The molecule has 102 valence electrons. The van der Waals surface area contributed by atoms with Crippen LogP contribution in [-0.2, 0) is 16.6 Å². The second-order valence-corrected chi connectivity index (χ2v) is 7.68. The Hall–Kier alpha value is -0.470. The van der Waals surface area contributed by atoms with Crippen LogP contribution in [0, 0.1) is 6.92 Å². The Labute approximate surface area is 111 Å². The molecular formula is C11H18N2O3S2. The minimum Gasteiger partial charge on any atom is -0.391 e. The van der Waals surface area contributed by atoms with Crippen molar-refractivity contribution in [3.8, 4) is 0 Å². The molecule has 1 unspecified atom stereocenters. The molecular weight excluding hydrogens is 272 g/mol. The highest BCUT2D eigenvalue weighted by Crippen LogP contribution is 2.26. The van der Waals surface area contributed by atoms with E-state index in [0.29, 0.717) is 9.77 Å². The average molecular weight is 290 g/mol. The smallest absolute Gasteiger partial charge is 0.241 e. The van der Waals surface area contributed by atoms with E-state index in [2.05, 4.69) is 9.62 Å². The number of rotatable bonds is 4. The van der Waals surface area contributed by atoms with Crippen LogP contribution in [0.4, 0.5) is 0 Å². The first-order valence-electron chi connectivity index (χ1n) is 5.83. The average Bonchev–Trinajstić information content (AvgIpc) is 2.84. The molecule has 7 heteroatoms. The Balaban J connectivity index is 2.17. The Morgan fingerprint density at radius 1 is 1.61 bits per heavy atom. The third kappa shape index (κ3) is 2.92. The van der Waals surface area contributed by atoms with E-state index in [1.165, 1.54) is 11.3 Å². The predicted molar refractivity (Wildman–Crippen MR) is 71.2 cm³/mol. The fourth-order valence-corrected chi connectivity index (χ4v) is 4.94. The lowest BCUT2D eigenvalue weighted by Crippen LogP contribution is -2.36. The maximum atomic E-state index is 12.2. The summed E-state index contributed by atoms with van der Waals surface area (Å²) < 4.78 is 27.2. The third-order valence-electron chi connectivity index (χ3n) is 3.08. The van der Waals surface area contributed by atoms with Gasteiger partial charge in [0.15, 0.2) is 0 Å². The molecule has 0 aliphatic carbocycles. The summed E-state index contributed by atoms with van der Waals surface area (Å²) in [6.45, 7) is 3.30. The first kappa shape index (κ1) is 14.0. The van der Waals surface area contributed by atoms with Crippen molar-refractivity contribution in [2.24, 2.45) is 0 Å². The molecule has 0 amide bonds. The van der Waals surface area contributed by atoms with Crippen molar-refractivity contribution in [2.75, 3.05) is 20.1 Å². The zero-order valence-corrected chi connectivity index (χ0v) is 12.1. The first-order chi connectivity index (χ1) is 8.42. The van der Waals surface area contributed by atoms with Crippen molar-refractivity contribution < 1.29 is 13.5 Å². The monoisotopic (exact) mass is 290 g/mol. The zero-order chi connectivity index (χ0) is 13.3. The molecule has 1 aliphatic rings. The molecule has 1 atom stereocenters. The summed E-state index contributed by atoms with van der Waals surface area (Å²) >= 11 is 1.32. The van der Waals surface area contributed by atoms with Crippen LogP contribution in [0.1, 0.15) is 16.2 Å². The second kappa shape index (κ2) is 5.26. The van der Waals surface area contributed by atoms with Gasteiger partial charge in [0.1, 0.15) is 0 Å².